The van der Waals surface area contributed by atoms with Crippen molar-refractivity contribution >= 4 is 34.4 Å². The quantitative estimate of drug-likeness (QED) is 0.321. The van der Waals surface area contributed by atoms with Gasteiger partial charge >= 0.3 is 11.6 Å². The highest BCUT2D eigenvalue weighted by atomic mass is 32.1. The lowest BCUT2D eigenvalue weighted by atomic mass is 10.2. The minimum Gasteiger partial charge on any atom is -0.423 e. The predicted molar refractivity (Wildman–Crippen MR) is 81.5 cm³/mol. The molecular formula is C16H10O4S. The largest absolute Gasteiger partial charge is 0.423 e. The Bertz CT molecular complexity index is 859. The number of carbonyl (C=O) groups excluding carboxylic acids is 1. The standard InChI is InChI=1S/C16H10O4S/c17-15(8-6-13-2-1-9-21-13)19-12-5-3-11-4-7-16(18)20-14(11)10-12/h1-10H/b8-6+. The average molecular weight is 298 g/mol. The molecule has 0 atom stereocenters. The third-order valence-electron chi connectivity index (χ3n) is 2.74. The first kappa shape index (κ1) is 13.3. The van der Waals surface area contributed by atoms with Crippen LogP contribution in [0.25, 0.3) is 17.0 Å². The van der Waals surface area contributed by atoms with Crippen LogP contribution >= 0.6 is 11.3 Å². The Morgan fingerprint density at radius 2 is 2.05 bits per heavy atom. The van der Waals surface area contributed by atoms with Crippen molar-refractivity contribution in [3.8, 4) is 5.75 Å². The third kappa shape index (κ3) is 3.27. The van der Waals surface area contributed by atoms with E-state index in [-0.39, 0.29) is 0 Å². The molecule has 0 N–H and O–H groups in total. The van der Waals surface area contributed by atoms with Crippen molar-refractivity contribution in [3.63, 3.8) is 0 Å². The van der Waals surface area contributed by atoms with Crippen LogP contribution in [0.5, 0.6) is 5.75 Å². The normalized spacial score (nSPS) is 11.0. The molecule has 1 aromatic carbocycles. The summed E-state index contributed by atoms with van der Waals surface area (Å²) in [5.74, 6) is -0.154. The van der Waals surface area contributed by atoms with Crippen LogP contribution in [-0.2, 0) is 4.79 Å². The van der Waals surface area contributed by atoms with Crippen molar-refractivity contribution in [2.24, 2.45) is 0 Å². The van der Waals surface area contributed by atoms with E-state index in [4.69, 9.17) is 9.15 Å². The molecule has 104 valence electrons. The molecule has 21 heavy (non-hydrogen) atoms. The monoisotopic (exact) mass is 298 g/mol. The van der Waals surface area contributed by atoms with E-state index in [1.165, 1.54) is 29.5 Å². The van der Waals surface area contributed by atoms with Crippen LogP contribution in [0.1, 0.15) is 4.88 Å². The Morgan fingerprint density at radius 1 is 1.19 bits per heavy atom. The number of fused-ring (bicyclic) bond motifs is 1. The van der Waals surface area contributed by atoms with Crippen LogP contribution < -0.4 is 10.4 Å². The molecule has 0 spiro atoms. The highest BCUT2D eigenvalue weighted by Crippen LogP contribution is 2.19. The average Bonchev–Trinajstić information content (AvgIpc) is 2.98. The number of hydrogen-bond acceptors (Lipinski definition) is 5. The zero-order chi connectivity index (χ0) is 14.7. The molecule has 0 aliphatic carbocycles. The third-order valence-corrected chi connectivity index (χ3v) is 3.58. The van der Waals surface area contributed by atoms with Gasteiger partial charge in [0.25, 0.3) is 0 Å². The minimum absolute atomic E-state index is 0.331. The van der Waals surface area contributed by atoms with Gasteiger partial charge in [0.2, 0.25) is 0 Å². The number of benzene rings is 1. The molecule has 2 aromatic heterocycles. The Morgan fingerprint density at radius 3 is 2.86 bits per heavy atom. The van der Waals surface area contributed by atoms with Crippen LogP contribution in [0.2, 0.25) is 0 Å². The van der Waals surface area contributed by atoms with Crippen molar-refractivity contribution in [1.29, 1.82) is 0 Å². The maximum absolute atomic E-state index is 11.7. The Balaban J connectivity index is 1.78. The summed E-state index contributed by atoms with van der Waals surface area (Å²) in [7, 11) is 0. The second-order valence-corrected chi connectivity index (χ2v) is 5.20. The van der Waals surface area contributed by atoms with Gasteiger partial charge in [0.15, 0.2) is 0 Å². The molecule has 0 saturated carbocycles. The van der Waals surface area contributed by atoms with Crippen molar-refractivity contribution in [2.75, 3.05) is 0 Å². The van der Waals surface area contributed by atoms with E-state index >= 15 is 0 Å². The summed E-state index contributed by atoms with van der Waals surface area (Å²) in [6.45, 7) is 0. The van der Waals surface area contributed by atoms with E-state index in [9.17, 15) is 9.59 Å². The highest BCUT2D eigenvalue weighted by molar-refractivity contribution is 7.10. The smallest absolute Gasteiger partial charge is 0.336 e. The van der Waals surface area contributed by atoms with Crippen LogP contribution in [0, 0.1) is 0 Å². The lowest BCUT2D eigenvalue weighted by Crippen LogP contribution is -2.03. The molecule has 0 saturated heterocycles. The van der Waals surface area contributed by atoms with E-state index < -0.39 is 11.6 Å². The maximum atomic E-state index is 11.7. The summed E-state index contributed by atoms with van der Waals surface area (Å²) in [4.78, 5) is 23.8. The van der Waals surface area contributed by atoms with Crippen molar-refractivity contribution in [1.82, 2.24) is 0 Å². The molecule has 0 bridgehead atoms. The zero-order valence-corrected chi connectivity index (χ0v) is 11.6. The number of esters is 1. The summed E-state index contributed by atoms with van der Waals surface area (Å²) < 4.78 is 10.2. The molecule has 2 heterocycles. The molecule has 3 aromatic rings. The van der Waals surface area contributed by atoms with Crippen LogP contribution in [0.3, 0.4) is 0 Å². The van der Waals surface area contributed by atoms with Gasteiger partial charge in [-0.15, -0.1) is 11.3 Å². The number of carbonyl (C=O) groups is 1. The highest BCUT2D eigenvalue weighted by Gasteiger charge is 2.04. The van der Waals surface area contributed by atoms with Gasteiger partial charge in [-0.25, -0.2) is 9.59 Å². The Hall–Kier alpha value is -2.66. The molecule has 0 fully saturated rings. The topological polar surface area (TPSA) is 56.5 Å². The fourth-order valence-electron chi connectivity index (χ4n) is 1.79. The van der Waals surface area contributed by atoms with E-state index in [0.29, 0.717) is 11.3 Å². The summed E-state index contributed by atoms with van der Waals surface area (Å²) in [6, 6.07) is 11.7. The maximum Gasteiger partial charge on any atom is 0.336 e. The molecule has 3 rings (SSSR count). The molecule has 0 aliphatic rings. The van der Waals surface area contributed by atoms with Gasteiger partial charge in [-0.05, 0) is 35.7 Å². The molecule has 5 heteroatoms. The summed E-state index contributed by atoms with van der Waals surface area (Å²) in [5, 5.41) is 2.69. The minimum atomic E-state index is -0.485. The van der Waals surface area contributed by atoms with E-state index in [0.717, 1.165) is 10.3 Å². The fourth-order valence-corrected chi connectivity index (χ4v) is 2.41. The summed E-state index contributed by atoms with van der Waals surface area (Å²) in [5.41, 5.74) is -0.0568. The lowest BCUT2D eigenvalue weighted by molar-refractivity contribution is -0.128. The van der Waals surface area contributed by atoms with Gasteiger partial charge in [0, 0.05) is 28.5 Å². The van der Waals surface area contributed by atoms with Crippen molar-refractivity contribution in [2.45, 2.75) is 0 Å². The number of hydrogen-bond donors (Lipinski definition) is 0. The molecule has 0 radical (unpaired) electrons. The van der Waals surface area contributed by atoms with Crippen LogP contribution in [0.15, 0.2) is 63.1 Å². The first-order valence-electron chi connectivity index (χ1n) is 6.18. The van der Waals surface area contributed by atoms with Crippen molar-refractivity contribution < 1.29 is 13.9 Å². The summed E-state index contributed by atoms with van der Waals surface area (Å²) >= 11 is 1.53. The molecule has 0 amide bonds. The van der Waals surface area contributed by atoms with E-state index in [1.54, 1.807) is 24.3 Å². The van der Waals surface area contributed by atoms with Crippen LogP contribution in [-0.4, -0.2) is 5.97 Å². The Labute approximate surface area is 123 Å². The summed E-state index contributed by atoms with van der Waals surface area (Å²) in [6.07, 6.45) is 3.05. The van der Waals surface area contributed by atoms with Gasteiger partial charge in [0.05, 0.1) is 0 Å². The predicted octanol–water partition coefficient (Wildman–Crippen LogP) is 3.47. The van der Waals surface area contributed by atoms with Gasteiger partial charge in [0.1, 0.15) is 11.3 Å². The van der Waals surface area contributed by atoms with Gasteiger partial charge in [-0.2, -0.15) is 0 Å². The molecular weight excluding hydrogens is 288 g/mol. The lowest BCUT2D eigenvalue weighted by Gasteiger charge is -2.02. The second kappa shape index (κ2) is 5.76. The number of rotatable bonds is 3. The van der Waals surface area contributed by atoms with E-state index in [1.807, 2.05) is 17.5 Å². The first-order chi connectivity index (χ1) is 10.2. The molecule has 0 unspecified atom stereocenters. The molecule has 0 aliphatic heterocycles. The SMILES string of the molecule is O=C(/C=C/c1cccs1)Oc1ccc2ccc(=O)oc2c1. The first-order valence-corrected chi connectivity index (χ1v) is 7.06. The van der Waals surface area contributed by atoms with Crippen molar-refractivity contribution in [3.05, 3.63) is 69.2 Å². The van der Waals surface area contributed by atoms with Gasteiger partial charge in [-0.1, -0.05) is 6.07 Å². The van der Waals surface area contributed by atoms with Gasteiger partial charge < -0.3 is 9.15 Å². The number of thiophene rings is 1. The second-order valence-electron chi connectivity index (χ2n) is 4.22. The Kier molecular flexibility index (Phi) is 3.66. The zero-order valence-electron chi connectivity index (χ0n) is 10.8. The van der Waals surface area contributed by atoms with Crippen LogP contribution in [0.4, 0.5) is 0 Å². The van der Waals surface area contributed by atoms with E-state index in [2.05, 4.69) is 0 Å². The fraction of sp³-hybridized carbons (Fsp3) is 0. The van der Waals surface area contributed by atoms with Gasteiger partial charge in [-0.3, -0.25) is 0 Å². The number of ether oxygens (including phenoxy) is 1. The molecule has 4 nitrogen and oxygen atoms in total.